The van der Waals surface area contributed by atoms with Crippen LogP contribution >= 0.6 is 0 Å². The van der Waals surface area contributed by atoms with Crippen LogP contribution in [0.2, 0.25) is 0 Å². The molecule has 0 atom stereocenters. The number of carbonyl (C=O) groups is 1. The van der Waals surface area contributed by atoms with E-state index in [1.807, 2.05) is 51.0 Å². The number of sulfonamides is 1. The number of nitrogens with zero attached hydrogens (tertiary/aromatic N) is 2. The normalized spacial score (nSPS) is 11.4. The van der Waals surface area contributed by atoms with Crippen LogP contribution < -0.4 is 15.0 Å². The standard InChI is InChI=1S/C22H31N3O4S/c1-7-25(8-2)30(27,28)19-11-12-21(24(5)6)20(14-19)23-22(26)15-29-18-10-9-16(3)17(4)13-18/h9-14H,7-8,15H2,1-6H3,(H,23,26). The van der Waals surface area contributed by atoms with Gasteiger partial charge in [-0.3, -0.25) is 4.79 Å². The van der Waals surface area contributed by atoms with Gasteiger partial charge in [-0.2, -0.15) is 4.31 Å². The van der Waals surface area contributed by atoms with Gasteiger partial charge in [0.15, 0.2) is 6.61 Å². The molecule has 0 saturated heterocycles. The van der Waals surface area contributed by atoms with E-state index in [1.165, 1.54) is 10.4 Å². The lowest BCUT2D eigenvalue weighted by atomic mass is 10.1. The summed E-state index contributed by atoms with van der Waals surface area (Å²) in [5.41, 5.74) is 3.35. The van der Waals surface area contributed by atoms with Crippen molar-refractivity contribution in [2.45, 2.75) is 32.6 Å². The maximum Gasteiger partial charge on any atom is 0.262 e. The molecule has 0 spiro atoms. The van der Waals surface area contributed by atoms with Gasteiger partial charge in [0.1, 0.15) is 5.75 Å². The highest BCUT2D eigenvalue weighted by Crippen LogP contribution is 2.29. The maximum absolute atomic E-state index is 12.9. The summed E-state index contributed by atoms with van der Waals surface area (Å²) < 4.78 is 32.7. The van der Waals surface area contributed by atoms with Crippen molar-refractivity contribution < 1.29 is 17.9 Å². The molecule has 0 aromatic heterocycles. The van der Waals surface area contributed by atoms with E-state index in [9.17, 15) is 13.2 Å². The van der Waals surface area contributed by atoms with Crippen molar-refractivity contribution in [2.75, 3.05) is 44.0 Å². The molecule has 0 heterocycles. The average Bonchev–Trinajstić information content (AvgIpc) is 2.69. The highest BCUT2D eigenvalue weighted by molar-refractivity contribution is 7.89. The molecule has 1 amide bonds. The van der Waals surface area contributed by atoms with Gasteiger partial charge < -0.3 is 15.0 Å². The minimum Gasteiger partial charge on any atom is -0.484 e. The summed E-state index contributed by atoms with van der Waals surface area (Å²) in [7, 11) is 0.0232. The number of hydrogen-bond donors (Lipinski definition) is 1. The second kappa shape index (κ2) is 9.95. The number of aryl methyl sites for hydroxylation is 2. The van der Waals surface area contributed by atoms with Gasteiger partial charge in [0, 0.05) is 27.2 Å². The Hall–Kier alpha value is -2.58. The molecule has 2 aromatic rings. The van der Waals surface area contributed by atoms with Gasteiger partial charge in [0.05, 0.1) is 16.3 Å². The molecule has 2 rings (SSSR count). The number of benzene rings is 2. The van der Waals surface area contributed by atoms with Crippen molar-refractivity contribution in [1.29, 1.82) is 0 Å². The van der Waals surface area contributed by atoms with Crippen LogP contribution in [0.25, 0.3) is 0 Å². The third kappa shape index (κ3) is 5.52. The fraction of sp³-hybridized carbons (Fsp3) is 0.409. The van der Waals surface area contributed by atoms with E-state index in [2.05, 4.69) is 5.32 Å². The van der Waals surface area contributed by atoms with E-state index in [0.717, 1.165) is 11.1 Å². The third-order valence-corrected chi connectivity index (χ3v) is 6.96. The maximum atomic E-state index is 12.9. The Bertz CT molecular complexity index is 999. The summed E-state index contributed by atoms with van der Waals surface area (Å²) in [6.07, 6.45) is 0. The fourth-order valence-electron chi connectivity index (χ4n) is 3.02. The van der Waals surface area contributed by atoms with E-state index in [0.29, 0.717) is 30.2 Å². The molecule has 164 valence electrons. The quantitative estimate of drug-likeness (QED) is 0.656. The first-order valence-electron chi connectivity index (χ1n) is 9.91. The smallest absolute Gasteiger partial charge is 0.262 e. The van der Waals surface area contributed by atoms with Crippen LogP contribution in [0.1, 0.15) is 25.0 Å². The molecular formula is C22H31N3O4S. The Labute approximate surface area is 179 Å². The van der Waals surface area contributed by atoms with Crippen LogP contribution in [0.3, 0.4) is 0 Å². The molecule has 0 unspecified atom stereocenters. The molecule has 1 N–H and O–H groups in total. The Morgan fingerprint density at radius 1 is 1.00 bits per heavy atom. The number of anilines is 2. The zero-order valence-corrected chi connectivity index (χ0v) is 19.3. The summed E-state index contributed by atoms with van der Waals surface area (Å²) in [6, 6.07) is 10.4. The molecule has 0 aliphatic rings. The molecule has 0 fully saturated rings. The van der Waals surface area contributed by atoms with Gasteiger partial charge in [0.2, 0.25) is 10.0 Å². The summed E-state index contributed by atoms with van der Waals surface area (Å²) in [5, 5.41) is 2.79. The highest BCUT2D eigenvalue weighted by atomic mass is 32.2. The summed E-state index contributed by atoms with van der Waals surface area (Å²) in [6.45, 7) is 8.15. The van der Waals surface area contributed by atoms with Gasteiger partial charge in [-0.15, -0.1) is 0 Å². The summed E-state index contributed by atoms with van der Waals surface area (Å²) >= 11 is 0. The number of carbonyl (C=O) groups excluding carboxylic acids is 1. The second-order valence-corrected chi connectivity index (χ2v) is 9.18. The summed E-state index contributed by atoms with van der Waals surface area (Å²) in [5.74, 6) is 0.243. The zero-order chi connectivity index (χ0) is 22.5. The van der Waals surface area contributed by atoms with E-state index in [1.54, 1.807) is 26.0 Å². The average molecular weight is 434 g/mol. The van der Waals surface area contributed by atoms with Crippen molar-refractivity contribution in [3.63, 3.8) is 0 Å². The number of nitrogens with one attached hydrogen (secondary N) is 1. The predicted molar refractivity (Wildman–Crippen MR) is 121 cm³/mol. The first-order valence-corrected chi connectivity index (χ1v) is 11.4. The Morgan fingerprint density at radius 2 is 1.67 bits per heavy atom. The molecule has 0 bridgehead atoms. The zero-order valence-electron chi connectivity index (χ0n) is 18.5. The molecule has 30 heavy (non-hydrogen) atoms. The topological polar surface area (TPSA) is 79.0 Å². The second-order valence-electron chi connectivity index (χ2n) is 7.25. The van der Waals surface area contributed by atoms with Crippen molar-refractivity contribution >= 4 is 27.3 Å². The van der Waals surface area contributed by atoms with Crippen LogP contribution in [-0.2, 0) is 14.8 Å². The van der Waals surface area contributed by atoms with Crippen LogP contribution in [-0.4, -0.2) is 52.4 Å². The largest absolute Gasteiger partial charge is 0.484 e. The SMILES string of the molecule is CCN(CC)S(=O)(=O)c1ccc(N(C)C)c(NC(=O)COc2ccc(C)c(C)c2)c1. The predicted octanol–water partition coefficient (Wildman–Crippen LogP) is 3.42. The minimum atomic E-state index is -3.63. The molecule has 7 nitrogen and oxygen atoms in total. The van der Waals surface area contributed by atoms with E-state index in [-0.39, 0.29) is 17.4 Å². The third-order valence-electron chi connectivity index (χ3n) is 4.92. The first kappa shape index (κ1) is 23.7. The monoisotopic (exact) mass is 433 g/mol. The Balaban J connectivity index is 2.23. The molecule has 0 aliphatic heterocycles. The van der Waals surface area contributed by atoms with E-state index in [4.69, 9.17) is 4.74 Å². The first-order chi connectivity index (χ1) is 14.1. The number of amides is 1. The van der Waals surface area contributed by atoms with Crippen LogP contribution in [0.5, 0.6) is 5.75 Å². The van der Waals surface area contributed by atoms with Gasteiger partial charge in [-0.1, -0.05) is 19.9 Å². The molecular weight excluding hydrogens is 402 g/mol. The number of ether oxygens (including phenoxy) is 1. The lowest BCUT2D eigenvalue weighted by Crippen LogP contribution is -2.31. The molecule has 0 saturated carbocycles. The van der Waals surface area contributed by atoms with Crippen LogP contribution in [0, 0.1) is 13.8 Å². The van der Waals surface area contributed by atoms with Gasteiger partial charge in [-0.05, 0) is 55.3 Å². The number of hydrogen-bond acceptors (Lipinski definition) is 5. The van der Waals surface area contributed by atoms with Crippen molar-refractivity contribution in [2.24, 2.45) is 0 Å². The van der Waals surface area contributed by atoms with E-state index < -0.39 is 10.0 Å². The lowest BCUT2D eigenvalue weighted by molar-refractivity contribution is -0.118. The lowest BCUT2D eigenvalue weighted by Gasteiger charge is -2.22. The number of rotatable bonds is 9. The molecule has 0 aliphatic carbocycles. The van der Waals surface area contributed by atoms with Gasteiger partial charge in [-0.25, -0.2) is 8.42 Å². The highest BCUT2D eigenvalue weighted by Gasteiger charge is 2.23. The Morgan fingerprint density at radius 3 is 2.23 bits per heavy atom. The van der Waals surface area contributed by atoms with Crippen molar-refractivity contribution in [3.05, 3.63) is 47.5 Å². The molecule has 8 heteroatoms. The molecule has 2 aromatic carbocycles. The summed E-state index contributed by atoms with van der Waals surface area (Å²) in [4.78, 5) is 14.5. The van der Waals surface area contributed by atoms with Gasteiger partial charge >= 0.3 is 0 Å². The molecule has 0 radical (unpaired) electrons. The van der Waals surface area contributed by atoms with Gasteiger partial charge in [0.25, 0.3) is 5.91 Å². The minimum absolute atomic E-state index is 0.141. The van der Waals surface area contributed by atoms with E-state index >= 15 is 0 Å². The van der Waals surface area contributed by atoms with Crippen LogP contribution in [0.4, 0.5) is 11.4 Å². The van der Waals surface area contributed by atoms with Crippen molar-refractivity contribution in [1.82, 2.24) is 4.31 Å². The fourth-order valence-corrected chi connectivity index (χ4v) is 4.50. The van der Waals surface area contributed by atoms with Crippen LogP contribution in [0.15, 0.2) is 41.3 Å². The van der Waals surface area contributed by atoms with Crippen molar-refractivity contribution in [3.8, 4) is 5.75 Å². The Kier molecular flexibility index (Phi) is 7.86.